The Bertz CT molecular complexity index is 330. The van der Waals surface area contributed by atoms with Gasteiger partial charge in [0, 0.05) is 12.6 Å². The zero-order chi connectivity index (χ0) is 12.3. The number of aromatic nitrogens is 1. The van der Waals surface area contributed by atoms with E-state index in [2.05, 4.69) is 37.7 Å². The second-order valence-electron chi connectivity index (χ2n) is 4.84. The molecule has 0 aliphatic rings. The third-order valence-corrected chi connectivity index (χ3v) is 3.36. The Morgan fingerprint density at radius 3 is 2.44 bits per heavy atom. The van der Waals surface area contributed by atoms with E-state index in [0.717, 1.165) is 12.1 Å². The molecule has 0 saturated carbocycles. The molecule has 16 heavy (non-hydrogen) atoms. The molecule has 1 aromatic rings. The summed E-state index contributed by atoms with van der Waals surface area (Å²) in [5.41, 5.74) is 1.91. The van der Waals surface area contributed by atoms with Gasteiger partial charge in [-0.05, 0) is 39.3 Å². The lowest BCUT2D eigenvalue weighted by Crippen LogP contribution is -2.40. The van der Waals surface area contributed by atoms with Crippen molar-refractivity contribution in [1.29, 1.82) is 0 Å². The van der Waals surface area contributed by atoms with Gasteiger partial charge in [-0.2, -0.15) is 0 Å². The zero-order valence-electron chi connectivity index (χ0n) is 10.9. The summed E-state index contributed by atoms with van der Waals surface area (Å²) < 4.78 is 0. The molecule has 0 saturated heterocycles. The monoisotopic (exact) mass is 222 g/mol. The molecule has 3 nitrogen and oxygen atoms in total. The minimum absolute atomic E-state index is 0.119. The standard InChI is InChI=1S/C13H22N2O/c1-6-13(3,4)15(5)11-7-8-12(10(2)16)14-9-11/h7-10,16H,6H2,1-5H3/t10-/m1/s1. The largest absolute Gasteiger partial charge is 0.387 e. The summed E-state index contributed by atoms with van der Waals surface area (Å²) in [4.78, 5) is 6.47. The van der Waals surface area contributed by atoms with Gasteiger partial charge in [0.05, 0.1) is 23.7 Å². The number of pyridine rings is 1. The molecule has 90 valence electrons. The van der Waals surface area contributed by atoms with Crippen LogP contribution in [0.4, 0.5) is 5.69 Å². The van der Waals surface area contributed by atoms with Crippen LogP contribution >= 0.6 is 0 Å². The summed E-state index contributed by atoms with van der Waals surface area (Å²) in [7, 11) is 2.07. The first kappa shape index (κ1) is 13.0. The Balaban J connectivity index is 2.90. The fourth-order valence-electron chi connectivity index (χ4n) is 1.43. The van der Waals surface area contributed by atoms with Gasteiger partial charge in [-0.1, -0.05) is 6.92 Å². The van der Waals surface area contributed by atoms with Crippen molar-refractivity contribution in [3.63, 3.8) is 0 Å². The van der Waals surface area contributed by atoms with Crippen molar-refractivity contribution in [3.8, 4) is 0 Å². The molecule has 1 rings (SSSR count). The molecule has 0 fully saturated rings. The molecule has 1 N–H and O–H groups in total. The fourth-order valence-corrected chi connectivity index (χ4v) is 1.43. The molecule has 0 radical (unpaired) electrons. The lowest BCUT2D eigenvalue weighted by Gasteiger charge is -2.36. The minimum Gasteiger partial charge on any atom is -0.387 e. The van der Waals surface area contributed by atoms with Crippen LogP contribution in [0.15, 0.2) is 18.3 Å². The highest BCUT2D eigenvalue weighted by Gasteiger charge is 2.21. The maximum Gasteiger partial charge on any atom is 0.0931 e. The minimum atomic E-state index is -0.501. The fraction of sp³-hybridized carbons (Fsp3) is 0.615. The van der Waals surface area contributed by atoms with Crippen LogP contribution in [0.3, 0.4) is 0 Å². The predicted octanol–water partition coefficient (Wildman–Crippen LogP) is 2.76. The van der Waals surface area contributed by atoms with Crippen LogP contribution in [0, 0.1) is 0 Å². The summed E-state index contributed by atoms with van der Waals surface area (Å²) in [5.74, 6) is 0. The second-order valence-corrected chi connectivity index (χ2v) is 4.84. The van der Waals surface area contributed by atoms with Crippen molar-refractivity contribution < 1.29 is 5.11 Å². The van der Waals surface area contributed by atoms with Crippen LogP contribution in [0.25, 0.3) is 0 Å². The molecule has 1 heterocycles. The van der Waals surface area contributed by atoms with E-state index in [0.29, 0.717) is 5.69 Å². The van der Waals surface area contributed by atoms with Crippen LogP contribution in [0.2, 0.25) is 0 Å². The Kier molecular flexibility index (Phi) is 3.92. The number of hydrogen-bond acceptors (Lipinski definition) is 3. The van der Waals surface area contributed by atoms with Crippen LogP contribution in [-0.2, 0) is 0 Å². The Hall–Kier alpha value is -1.09. The number of rotatable bonds is 4. The average molecular weight is 222 g/mol. The summed E-state index contributed by atoms with van der Waals surface area (Å²) in [5, 5.41) is 9.38. The quantitative estimate of drug-likeness (QED) is 0.851. The Morgan fingerprint density at radius 2 is 2.06 bits per heavy atom. The highest BCUT2D eigenvalue weighted by Crippen LogP contribution is 2.24. The van der Waals surface area contributed by atoms with Gasteiger partial charge < -0.3 is 10.0 Å². The highest BCUT2D eigenvalue weighted by molar-refractivity contribution is 5.46. The van der Waals surface area contributed by atoms with E-state index in [9.17, 15) is 5.11 Å². The third-order valence-electron chi connectivity index (χ3n) is 3.36. The first-order valence-corrected chi connectivity index (χ1v) is 5.76. The summed E-state index contributed by atoms with van der Waals surface area (Å²) >= 11 is 0. The van der Waals surface area contributed by atoms with Crippen molar-refractivity contribution in [1.82, 2.24) is 4.98 Å². The molecule has 0 aliphatic carbocycles. The van der Waals surface area contributed by atoms with Gasteiger partial charge >= 0.3 is 0 Å². The number of aliphatic hydroxyl groups excluding tert-OH is 1. The van der Waals surface area contributed by atoms with E-state index in [1.165, 1.54) is 0 Å². The van der Waals surface area contributed by atoms with Crippen molar-refractivity contribution in [2.24, 2.45) is 0 Å². The molecule has 1 aromatic heterocycles. The summed E-state index contributed by atoms with van der Waals surface area (Å²) in [6.07, 6.45) is 2.39. The number of aliphatic hydroxyl groups is 1. The van der Waals surface area contributed by atoms with Gasteiger partial charge in [-0.25, -0.2) is 0 Å². The summed E-state index contributed by atoms with van der Waals surface area (Å²) in [6, 6.07) is 3.88. The summed E-state index contributed by atoms with van der Waals surface area (Å²) in [6.45, 7) is 8.31. The molecule has 1 atom stereocenters. The lowest BCUT2D eigenvalue weighted by molar-refractivity contribution is 0.194. The highest BCUT2D eigenvalue weighted by atomic mass is 16.3. The molecular formula is C13H22N2O. The maximum absolute atomic E-state index is 9.38. The molecule has 3 heteroatoms. The topological polar surface area (TPSA) is 36.4 Å². The first-order valence-electron chi connectivity index (χ1n) is 5.76. The molecule has 0 bridgehead atoms. The van der Waals surface area contributed by atoms with Gasteiger partial charge in [-0.3, -0.25) is 4.98 Å². The molecule has 0 aliphatic heterocycles. The number of anilines is 1. The van der Waals surface area contributed by atoms with E-state index in [1.807, 2.05) is 18.3 Å². The first-order chi connectivity index (χ1) is 7.38. The van der Waals surface area contributed by atoms with Crippen LogP contribution < -0.4 is 4.90 Å². The van der Waals surface area contributed by atoms with Gasteiger partial charge in [-0.15, -0.1) is 0 Å². The van der Waals surface area contributed by atoms with E-state index >= 15 is 0 Å². The van der Waals surface area contributed by atoms with Crippen LogP contribution in [0.5, 0.6) is 0 Å². The maximum atomic E-state index is 9.38. The molecular weight excluding hydrogens is 200 g/mol. The van der Waals surface area contributed by atoms with Gasteiger partial charge in [0.2, 0.25) is 0 Å². The molecule has 0 amide bonds. The van der Waals surface area contributed by atoms with Crippen molar-refractivity contribution in [2.45, 2.75) is 45.8 Å². The third kappa shape index (κ3) is 2.73. The lowest BCUT2D eigenvalue weighted by atomic mass is 9.99. The van der Waals surface area contributed by atoms with Crippen molar-refractivity contribution in [3.05, 3.63) is 24.0 Å². The Morgan fingerprint density at radius 1 is 1.44 bits per heavy atom. The zero-order valence-corrected chi connectivity index (χ0v) is 10.9. The van der Waals surface area contributed by atoms with Gasteiger partial charge in [0.1, 0.15) is 0 Å². The van der Waals surface area contributed by atoms with E-state index in [-0.39, 0.29) is 5.54 Å². The van der Waals surface area contributed by atoms with Gasteiger partial charge in [0.15, 0.2) is 0 Å². The van der Waals surface area contributed by atoms with E-state index in [1.54, 1.807) is 6.92 Å². The molecule has 0 aromatic carbocycles. The normalized spacial score (nSPS) is 13.6. The Labute approximate surface area is 98.1 Å². The predicted molar refractivity (Wildman–Crippen MR) is 67.6 cm³/mol. The second kappa shape index (κ2) is 4.83. The SMILES string of the molecule is CCC(C)(C)N(C)c1ccc([C@@H](C)O)nc1. The van der Waals surface area contributed by atoms with E-state index in [4.69, 9.17) is 0 Å². The number of hydrogen-bond donors (Lipinski definition) is 1. The average Bonchev–Trinajstić information content (AvgIpc) is 2.28. The van der Waals surface area contributed by atoms with Crippen LogP contribution in [-0.4, -0.2) is 22.7 Å². The van der Waals surface area contributed by atoms with Crippen LogP contribution in [0.1, 0.15) is 45.9 Å². The number of nitrogens with zero attached hydrogens (tertiary/aromatic N) is 2. The molecule has 0 spiro atoms. The van der Waals surface area contributed by atoms with Crippen molar-refractivity contribution >= 4 is 5.69 Å². The van der Waals surface area contributed by atoms with E-state index < -0.39 is 6.10 Å². The molecule has 0 unspecified atom stereocenters. The van der Waals surface area contributed by atoms with Gasteiger partial charge in [0.25, 0.3) is 0 Å². The van der Waals surface area contributed by atoms with Crippen molar-refractivity contribution in [2.75, 3.05) is 11.9 Å². The smallest absolute Gasteiger partial charge is 0.0931 e.